The van der Waals surface area contributed by atoms with Crippen LogP contribution in [0.5, 0.6) is 0 Å². The lowest BCUT2D eigenvalue weighted by Crippen LogP contribution is -2.42. The Bertz CT molecular complexity index is 417. The molecule has 0 unspecified atom stereocenters. The molecule has 0 saturated heterocycles. The van der Waals surface area contributed by atoms with Crippen LogP contribution >= 0.6 is 22.6 Å². The molecule has 3 aliphatic carbocycles. The van der Waals surface area contributed by atoms with Gasteiger partial charge in [-0.15, -0.1) is 0 Å². The van der Waals surface area contributed by atoms with Crippen LogP contribution in [0.2, 0.25) is 0 Å². The van der Waals surface area contributed by atoms with Gasteiger partial charge in [-0.2, -0.15) is 0 Å². The number of carbonyl (C=O) groups is 1. The van der Waals surface area contributed by atoms with E-state index in [0.717, 1.165) is 11.6 Å². The lowest BCUT2D eigenvalue weighted by atomic mass is 9.84. The molecule has 3 saturated carbocycles. The van der Waals surface area contributed by atoms with E-state index in [4.69, 9.17) is 0 Å². The smallest absolute Gasteiger partial charge is 0.319 e. The number of alkyl halides is 1. The quantitative estimate of drug-likeness (QED) is 0.630. The van der Waals surface area contributed by atoms with E-state index in [2.05, 4.69) is 33.2 Å². The summed E-state index contributed by atoms with van der Waals surface area (Å²) < 4.78 is 0.610. The second-order valence-electron chi connectivity index (χ2n) is 4.93. The van der Waals surface area contributed by atoms with Gasteiger partial charge in [0.15, 0.2) is 0 Å². The van der Waals surface area contributed by atoms with E-state index in [1.54, 1.807) is 0 Å². The Morgan fingerprint density at radius 1 is 1.18 bits per heavy atom. The zero-order chi connectivity index (χ0) is 11.8. The molecule has 3 aliphatic rings. The lowest BCUT2D eigenvalue weighted by Gasteiger charge is -2.24. The Kier molecular flexibility index (Phi) is 2.98. The normalized spacial score (nSPS) is 33.9. The molecule has 2 amide bonds. The number of benzene rings is 1. The number of fused-ring (bicyclic) bond motifs is 1. The van der Waals surface area contributed by atoms with Crippen molar-refractivity contribution in [2.75, 3.05) is 5.32 Å². The first-order valence-corrected chi connectivity index (χ1v) is 7.25. The third-order valence-corrected chi connectivity index (χ3v) is 5.63. The number of hydrogen-bond acceptors (Lipinski definition) is 1. The predicted octanol–water partition coefficient (Wildman–Crippen LogP) is 3.02. The van der Waals surface area contributed by atoms with Crippen molar-refractivity contribution in [1.29, 1.82) is 0 Å². The minimum absolute atomic E-state index is 0.0737. The molecule has 3 fully saturated rings. The highest BCUT2D eigenvalue weighted by Crippen LogP contribution is 2.52. The number of anilines is 1. The molecular formula is C13H15IN2O. The average molecular weight is 342 g/mol. The molecule has 1 aromatic rings. The Morgan fingerprint density at radius 2 is 1.88 bits per heavy atom. The molecule has 0 aliphatic heterocycles. The molecular weight excluding hydrogens is 327 g/mol. The molecule has 4 rings (SSSR count). The molecule has 2 bridgehead atoms. The van der Waals surface area contributed by atoms with Gasteiger partial charge in [-0.3, -0.25) is 0 Å². The summed E-state index contributed by atoms with van der Waals surface area (Å²) in [5.74, 6) is 1.55. The zero-order valence-corrected chi connectivity index (χ0v) is 11.6. The van der Waals surface area contributed by atoms with E-state index in [-0.39, 0.29) is 6.03 Å². The summed E-state index contributed by atoms with van der Waals surface area (Å²) in [5.41, 5.74) is 0.848. The van der Waals surface area contributed by atoms with Gasteiger partial charge in [0.05, 0.1) is 0 Å². The van der Waals surface area contributed by atoms with Crippen molar-refractivity contribution >= 4 is 34.3 Å². The molecule has 0 heterocycles. The molecule has 2 atom stereocenters. The van der Waals surface area contributed by atoms with Crippen LogP contribution < -0.4 is 10.6 Å². The molecule has 90 valence electrons. The number of urea groups is 1. The van der Waals surface area contributed by atoms with Gasteiger partial charge in [-0.1, -0.05) is 40.8 Å². The van der Waals surface area contributed by atoms with Crippen LogP contribution in [-0.4, -0.2) is 16.0 Å². The van der Waals surface area contributed by atoms with Gasteiger partial charge < -0.3 is 10.6 Å². The minimum atomic E-state index is -0.0737. The van der Waals surface area contributed by atoms with Crippen LogP contribution in [0.3, 0.4) is 0 Å². The average Bonchev–Trinajstić information content (AvgIpc) is 2.70. The first-order valence-electron chi connectivity index (χ1n) is 6.00. The standard InChI is InChI=1S/C13H15IN2O/c14-11-8-6-9(7-8)12(11)16-13(17)15-10-4-2-1-3-5-10/h1-5,8-9,11-12H,6-7H2,(H2,15,16,17)/t8?,9?,11-,12-/m0/s1. The molecule has 0 aromatic heterocycles. The SMILES string of the molecule is O=C(Nc1ccccc1)N[C@H]1C2CC(C2)[C@@H]1I. The first kappa shape index (κ1) is 11.3. The number of amides is 2. The molecule has 3 nitrogen and oxygen atoms in total. The number of nitrogens with one attached hydrogen (secondary N) is 2. The van der Waals surface area contributed by atoms with E-state index in [0.29, 0.717) is 15.9 Å². The second kappa shape index (κ2) is 4.48. The summed E-state index contributed by atoms with van der Waals surface area (Å²) in [4.78, 5) is 11.9. The van der Waals surface area contributed by atoms with Gasteiger partial charge in [-0.05, 0) is 36.8 Å². The summed E-state index contributed by atoms with van der Waals surface area (Å²) in [6.45, 7) is 0. The molecule has 1 aromatic carbocycles. The van der Waals surface area contributed by atoms with E-state index in [9.17, 15) is 4.79 Å². The van der Waals surface area contributed by atoms with Crippen LogP contribution in [-0.2, 0) is 0 Å². The van der Waals surface area contributed by atoms with Crippen molar-refractivity contribution in [2.24, 2.45) is 11.8 Å². The fraction of sp³-hybridized carbons (Fsp3) is 0.462. The van der Waals surface area contributed by atoms with Crippen LogP contribution in [0.4, 0.5) is 10.5 Å². The molecule has 2 N–H and O–H groups in total. The maximum atomic E-state index is 11.9. The number of para-hydroxylation sites is 1. The number of halogens is 1. The van der Waals surface area contributed by atoms with Crippen molar-refractivity contribution in [3.8, 4) is 0 Å². The Labute approximate surface area is 114 Å². The number of hydrogen-bond donors (Lipinski definition) is 2. The van der Waals surface area contributed by atoms with Crippen LogP contribution in [0.15, 0.2) is 30.3 Å². The zero-order valence-electron chi connectivity index (χ0n) is 9.40. The van der Waals surface area contributed by atoms with Gasteiger partial charge in [0, 0.05) is 15.7 Å². The Hall–Kier alpha value is -0.780. The minimum Gasteiger partial charge on any atom is -0.334 e. The highest BCUT2D eigenvalue weighted by atomic mass is 127. The van der Waals surface area contributed by atoms with E-state index in [1.165, 1.54) is 12.8 Å². The number of carbonyl (C=O) groups excluding carboxylic acids is 1. The summed E-state index contributed by atoms with van der Waals surface area (Å²) >= 11 is 2.48. The van der Waals surface area contributed by atoms with Crippen molar-refractivity contribution in [2.45, 2.75) is 22.8 Å². The van der Waals surface area contributed by atoms with Crippen LogP contribution in [0.25, 0.3) is 0 Å². The molecule has 17 heavy (non-hydrogen) atoms. The Morgan fingerprint density at radius 3 is 2.47 bits per heavy atom. The van der Waals surface area contributed by atoms with Crippen LogP contribution in [0, 0.1) is 11.8 Å². The summed E-state index contributed by atoms with van der Waals surface area (Å²) in [7, 11) is 0. The van der Waals surface area contributed by atoms with Crippen molar-refractivity contribution in [1.82, 2.24) is 5.32 Å². The largest absolute Gasteiger partial charge is 0.334 e. The monoisotopic (exact) mass is 342 g/mol. The predicted molar refractivity (Wildman–Crippen MR) is 76.4 cm³/mol. The van der Waals surface area contributed by atoms with Gasteiger partial charge in [0.2, 0.25) is 0 Å². The third-order valence-electron chi connectivity index (χ3n) is 3.84. The molecule has 0 spiro atoms. The van der Waals surface area contributed by atoms with Crippen molar-refractivity contribution < 1.29 is 4.79 Å². The van der Waals surface area contributed by atoms with Gasteiger partial charge in [0.25, 0.3) is 0 Å². The topological polar surface area (TPSA) is 41.1 Å². The third kappa shape index (κ3) is 2.14. The first-order chi connectivity index (χ1) is 8.24. The maximum absolute atomic E-state index is 11.9. The number of rotatable bonds is 2. The van der Waals surface area contributed by atoms with E-state index >= 15 is 0 Å². The van der Waals surface area contributed by atoms with E-state index < -0.39 is 0 Å². The van der Waals surface area contributed by atoms with Gasteiger partial charge in [0.1, 0.15) is 0 Å². The highest BCUT2D eigenvalue weighted by Gasteiger charge is 2.51. The lowest BCUT2D eigenvalue weighted by molar-refractivity contribution is 0.241. The Balaban J connectivity index is 1.57. The van der Waals surface area contributed by atoms with Gasteiger partial charge in [-0.25, -0.2) is 4.79 Å². The summed E-state index contributed by atoms with van der Waals surface area (Å²) in [6, 6.07) is 9.87. The van der Waals surface area contributed by atoms with E-state index in [1.807, 2.05) is 30.3 Å². The highest BCUT2D eigenvalue weighted by molar-refractivity contribution is 14.1. The van der Waals surface area contributed by atoms with Gasteiger partial charge >= 0.3 is 6.03 Å². The molecule has 0 radical (unpaired) electrons. The maximum Gasteiger partial charge on any atom is 0.319 e. The van der Waals surface area contributed by atoms with Crippen LogP contribution in [0.1, 0.15) is 12.8 Å². The molecule has 4 heteroatoms. The summed E-state index contributed by atoms with van der Waals surface area (Å²) in [5, 5.41) is 5.99. The van der Waals surface area contributed by atoms with Crippen molar-refractivity contribution in [3.63, 3.8) is 0 Å². The fourth-order valence-corrected chi connectivity index (χ4v) is 4.21. The summed E-state index contributed by atoms with van der Waals surface area (Å²) in [6.07, 6.45) is 2.59. The second-order valence-corrected chi connectivity index (χ2v) is 6.36. The fourth-order valence-electron chi connectivity index (χ4n) is 2.85. The van der Waals surface area contributed by atoms with Crippen molar-refractivity contribution in [3.05, 3.63) is 30.3 Å².